The molecule has 0 atom stereocenters. The van der Waals surface area contributed by atoms with Crippen LogP contribution in [0.4, 0.5) is 87.8 Å². The summed E-state index contributed by atoms with van der Waals surface area (Å²) in [5.74, 6) is -19.9. The Balaban J connectivity index is -0.000000122. The minimum atomic E-state index is -5.64. The molecule has 0 aromatic heterocycles. The second-order valence-electron chi connectivity index (χ2n) is 5.44. The zero-order valence-electron chi connectivity index (χ0n) is 16.7. The fourth-order valence-corrected chi connectivity index (χ4v) is 0.359. The van der Waals surface area contributed by atoms with Gasteiger partial charge in [-0.05, 0) is 0 Å². The monoisotopic (exact) mass is 690 g/mol. The molecule has 0 saturated heterocycles. The van der Waals surface area contributed by atoms with Gasteiger partial charge in [-0.25, -0.2) is 0 Å². The largest absolute Gasteiger partial charge is 0.455 e. The standard InChI is InChI=1S/4C3H3F5O.Zr/c4*4-2(5,1-9)3(6,7)8;/h4*9H,1H2;. The second-order valence-corrected chi connectivity index (χ2v) is 5.44. The van der Waals surface area contributed by atoms with Crippen molar-refractivity contribution in [2.75, 3.05) is 26.4 Å². The van der Waals surface area contributed by atoms with E-state index in [2.05, 4.69) is 0 Å². The molecule has 4 N–H and O–H groups in total. The van der Waals surface area contributed by atoms with Gasteiger partial charge in [0.15, 0.2) is 0 Å². The summed E-state index contributed by atoms with van der Waals surface area (Å²) in [5.41, 5.74) is 0. The summed E-state index contributed by atoms with van der Waals surface area (Å²) >= 11 is 0. The minimum absolute atomic E-state index is 0. The average molecular weight is 691 g/mol. The van der Waals surface area contributed by atoms with Crippen LogP contribution in [0.5, 0.6) is 0 Å². The van der Waals surface area contributed by atoms with E-state index in [4.69, 9.17) is 20.4 Å². The van der Waals surface area contributed by atoms with Crippen LogP contribution in [0.25, 0.3) is 0 Å². The fraction of sp³-hybridized carbons (Fsp3) is 1.00. The smallest absolute Gasteiger partial charge is 0.390 e. The molecular formula is C12H12F20O4Zr. The third-order valence-electron chi connectivity index (χ3n) is 2.45. The predicted octanol–water partition coefficient (Wildman–Crippen LogP) is 4.70. The molecule has 0 fully saturated rings. The first-order valence-corrected chi connectivity index (χ1v) is 7.46. The Morgan fingerprint density at radius 2 is 0.351 bits per heavy atom. The van der Waals surface area contributed by atoms with Crippen LogP contribution >= 0.6 is 0 Å². The minimum Gasteiger partial charge on any atom is -0.390 e. The third kappa shape index (κ3) is 17.5. The van der Waals surface area contributed by atoms with Crippen molar-refractivity contribution in [1.29, 1.82) is 0 Å². The molecule has 228 valence electrons. The van der Waals surface area contributed by atoms with E-state index in [-0.39, 0.29) is 26.2 Å². The number of halogens is 20. The maximum Gasteiger partial charge on any atom is 0.455 e. The van der Waals surface area contributed by atoms with Crippen LogP contribution in [0.15, 0.2) is 0 Å². The van der Waals surface area contributed by atoms with Crippen molar-refractivity contribution in [3.05, 3.63) is 0 Å². The van der Waals surface area contributed by atoms with E-state index in [1.807, 2.05) is 0 Å². The molecule has 0 radical (unpaired) electrons. The number of rotatable bonds is 4. The molecule has 0 aliphatic heterocycles. The van der Waals surface area contributed by atoms with Crippen LogP contribution in [0.3, 0.4) is 0 Å². The van der Waals surface area contributed by atoms with Crippen molar-refractivity contribution >= 4 is 0 Å². The van der Waals surface area contributed by atoms with Crippen molar-refractivity contribution < 1.29 is 134 Å². The van der Waals surface area contributed by atoms with E-state index < -0.39 is 74.8 Å². The number of aliphatic hydroxyl groups is 4. The first kappa shape index (κ1) is 46.2. The van der Waals surface area contributed by atoms with Crippen molar-refractivity contribution in [3.63, 3.8) is 0 Å². The number of hydrogen-bond donors (Lipinski definition) is 4. The Hall–Kier alpha value is -0.677. The van der Waals surface area contributed by atoms with E-state index in [9.17, 15) is 87.8 Å². The van der Waals surface area contributed by atoms with E-state index in [0.717, 1.165) is 0 Å². The molecule has 25 heteroatoms. The SMILES string of the molecule is OCC(F)(F)C(F)(F)F.OCC(F)(F)C(F)(F)F.OCC(F)(F)C(F)(F)F.OCC(F)(F)C(F)(F)F.[Zr]. The topological polar surface area (TPSA) is 80.9 Å². The Morgan fingerprint density at radius 3 is 0.351 bits per heavy atom. The molecule has 0 aliphatic rings. The summed E-state index contributed by atoms with van der Waals surface area (Å²) in [7, 11) is 0. The van der Waals surface area contributed by atoms with Crippen LogP contribution in [0, 0.1) is 0 Å². The summed E-state index contributed by atoms with van der Waals surface area (Å²) < 4.78 is 221. The molecule has 0 aliphatic carbocycles. The zero-order valence-corrected chi connectivity index (χ0v) is 19.1. The van der Waals surface area contributed by atoms with Gasteiger partial charge in [0.05, 0.1) is 0 Å². The fourth-order valence-electron chi connectivity index (χ4n) is 0.359. The maximum atomic E-state index is 11.3. The molecule has 37 heavy (non-hydrogen) atoms. The molecular weight excluding hydrogens is 679 g/mol. The Kier molecular flexibility index (Phi) is 19.7. The van der Waals surface area contributed by atoms with Crippen LogP contribution in [-0.2, 0) is 26.2 Å². The Morgan fingerprint density at radius 1 is 0.270 bits per heavy atom. The summed E-state index contributed by atoms with van der Waals surface area (Å²) in [6.45, 7) is -8.79. The van der Waals surface area contributed by atoms with E-state index >= 15 is 0 Å². The second kappa shape index (κ2) is 15.8. The van der Waals surface area contributed by atoms with Gasteiger partial charge < -0.3 is 20.4 Å². The Labute approximate surface area is 210 Å². The number of alkyl halides is 20. The molecule has 0 heterocycles. The number of hydrogen-bond acceptors (Lipinski definition) is 4. The van der Waals surface area contributed by atoms with Gasteiger partial charge in [-0.2, -0.15) is 87.8 Å². The predicted molar refractivity (Wildman–Crippen MR) is 72.4 cm³/mol. The summed E-state index contributed by atoms with van der Waals surface area (Å²) in [5, 5.41) is 29.8. The van der Waals surface area contributed by atoms with Crippen molar-refractivity contribution in [3.8, 4) is 0 Å². The molecule has 4 nitrogen and oxygen atoms in total. The summed E-state index contributed by atoms with van der Waals surface area (Å²) in [6.07, 6.45) is -22.5. The van der Waals surface area contributed by atoms with Gasteiger partial charge >= 0.3 is 48.4 Å². The molecule has 0 unspecified atom stereocenters. The molecule has 0 amide bonds. The van der Waals surface area contributed by atoms with E-state index in [0.29, 0.717) is 0 Å². The van der Waals surface area contributed by atoms with Crippen molar-refractivity contribution in [2.24, 2.45) is 0 Å². The maximum absolute atomic E-state index is 11.3. The van der Waals surface area contributed by atoms with E-state index in [1.165, 1.54) is 0 Å². The van der Waals surface area contributed by atoms with Gasteiger partial charge in [0, 0.05) is 26.2 Å². The van der Waals surface area contributed by atoms with Crippen LogP contribution in [0.1, 0.15) is 0 Å². The number of aliphatic hydroxyl groups excluding tert-OH is 4. The van der Waals surface area contributed by atoms with Crippen molar-refractivity contribution in [1.82, 2.24) is 0 Å². The molecule has 0 rings (SSSR count). The quantitative estimate of drug-likeness (QED) is 0.323. The van der Waals surface area contributed by atoms with Gasteiger partial charge in [0.2, 0.25) is 0 Å². The average Bonchev–Trinajstić information content (AvgIpc) is 2.65. The van der Waals surface area contributed by atoms with Crippen LogP contribution < -0.4 is 0 Å². The first-order valence-electron chi connectivity index (χ1n) is 7.46. The van der Waals surface area contributed by atoms with Gasteiger partial charge in [-0.1, -0.05) is 0 Å². The Bertz CT molecular complexity index is 490. The van der Waals surface area contributed by atoms with Gasteiger partial charge in [-0.3, -0.25) is 0 Å². The van der Waals surface area contributed by atoms with Crippen LogP contribution in [0.2, 0.25) is 0 Å². The normalized spacial score (nSPS) is 13.6. The first-order chi connectivity index (χ1) is 15.2. The van der Waals surface area contributed by atoms with Crippen molar-refractivity contribution in [2.45, 2.75) is 48.4 Å². The van der Waals surface area contributed by atoms with Crippen LogP contribution in [-0.4, -0.2) is 95.2 Å². The summed E-state index contributed by atoms with van der Waals surface area (Å²) in [4.78, 5) is 0. The van der Waals surface area contributed by atoms with E-state index in [1.54, 1.807) is 0 Å². The molecule has 0 spiro atoms. The van der Waals surface area contributed by atoms with Gasteiger partial charge in [0.1, 0.15) is 26.4 Å². The third-order valence-corrected chi connectivity index (χ3v) is 2.45. The van der Waals surface area contributed by atoms with Gasteiger partial charge in [-0.15, -0.1) is 0 Å². The zero-order chi connectivity index (χ0) is 30.8. The molecule has 0 aromatic carbocycles. The molecule has 0 saturated carbocycles. The summed E-state index contributed by atoms with van der Waals surface area (Å²) in [6, 6.07) is 0. The molecule has 0 bridgehead atoms. The molecule has 0 aromatic rings. The van der Waals surface area contributed by atoms with Gasteiger partial charge in [0.25, 0.3) is 0 Å².